The molecule has 0 aromatic heterocycles. The molecule has 174 valence electrons. The highest BCUT2D eigenvalue weighted by Gasteiger charge is 2.61. The van der Waals surface area contributed by atoms with E-state index in [-0.39, 0.29) is 44.7 Å². The first-order valence-electron chi connectivity index (χ1n) is 10.3. The van der Waals surface area contributed by atoms with Gasteiger partial charge in [0.25, 0.3) is 0 Å². The van der Waals surface area contributed by atoms with Gasteiger partial charge in [-0.15, -0.1) is 0 Å². The van der Waals surface area contributed by atoms with E-state index in [1.54, 1.807) is 27.7 Å². The van der Waals surface area contributed by atoms with Crippen LogP contribution in [0.2, 0.25) is 0 Å². The smallest absolute Gasteiger partial charge is 0.410 e. The summed E-state index contributed by atoms with van der Waals surface area (Å²) < 4.78 is 73.7. The summed E-state index contributed by atoms with van der Waals surface area (Å²) in [7, 11) is 0. The zero-order valence-corrected chi connectivity index (χ0v) is 17.9. The van der Waals surface area contributed by atoms with Crippen molar-refractivity contribution in [2.24, 2.45) is 11.3 Å². The van der Waals surface area contributed by atoms with Crippen LogP contribution in [-0.2, 0) is 9.53 Å². The van der Waals surface area contributed by atoms with Crippen LogP contribution in [0.25, 0.3) is 0 Å². The van der Waals surface area contributed by atoms with Crippen molar-refractivity contribution in [3.63, 3.8) is 0 Å². The van der Waals surface area contributed by atoms with E-state index >= 15 is 0 Å². The van der Waals surface area contributed by atoms with Crippen molar-refractivity contribution in [2.75, 3.05) is 13.1 Å². The minimum absolute atomic E-state index is 0.153. The summed E-state index contributed by atoms with van der Waals surface area (Å²) in [6.07, 6.45) is -7.00. The highest BCUT2D eigenvalue weighted by molar-refractivity contribution is 5.84. The van der Waals surface area contributed by atoms with E-state index in [1.807, 2.05) is 0 Å². The molecule has 0 aromatic carbocycles. The zero-order chi connectivity index (χ0) is 23.0. The predicted molar refractivity (Wildman–Crippen MR) is 100 cm³/mol. The summed E-state index contributed by atoms with van der Waals surface area (Å²) in [6, 6.07) is -0.642. The molecule has 1 saturated carbocycles. The molecule has 1 aliphatic heterocycles. The Morgan fingerprint density at radius 2 is 1.53 bits per heavy atom. The van der Waals surface area contributed by atoms with E-state index in [0.29, 0.717) is 0 Å². The quantitative estimate of drug-likeness (QED) is 0.633. The number of rotatable bonds is 3. The maximum atomic E-state index is 13.9. The maximum absolute atomic E-state index is 13.9. The normalized spacial score (nSPS) is 23.6. The second kappa shape index (κ2) is 8.49. The van der Waals surface area contributed by atoms with E-state index in [0.717, 1.165) is 0 Å². The number of amides is 2. The summed E-state index contributed by atoms with van der Waals surface area (Å²) in [4.78, 5) is 26.1. The van der Waals surface area contributed by atoms with Gasteiger partial charge in [-0.05, 0) is 59.3 Å². The molecule has 0 aromatic rings. The molecule has 0 bridgehead atoms. The molecule has 0 spiro atoms. The molecule has 1 aliphatic carbocycles. The highest BCUT2D eigenvalue weighted by Crippen LogP contribution is 2.47. The maximum Gasteiger partial charge on any atom is 0.410 e. The van der Waals surface area contributed by atoms with Crippen molar-refractivity contribution in [2.45, 2.75) is 90.0 Å². The second-order valence-electron chi connectivity index (χ2n) is 9.50. The fraction of sp³-hybridized carbons (Fsp3) is 0.900. The van der Waals surface area contributed by atoms with E-state index in [1.165, 1.54) is 4.90 Å². The van der Waals surface area contributed by atoms with Gasteiger partial charge in [0.05, 0.1) is 0 Å². The molecule has 10 heteroatoms. The van der Waals surface area contributed by atoms with Gasteiger partial charge >= 0.3 is 12.3 Å². The zero-order valence-electron chi connectivity index (χ0n) is 17.9. The number of hydrogen-bond donors (Lipinski definition) is 1. The minimum atomic E-state index is -4.80. The Morgan fingerprint density at radius 3 is 1.97 bits per heavy atom. The number of halogens is 5. The van der Waals surface area contributed by atoms with Crippen LogP contribution >= 0.6 is 0 Å². The first-order chi connectivity index (χ1) is 13.6. The predicted octanol–water partition coefficient (Wildman–Crippen LogP) is 4.90. The molecule has 1 N–H and O–H groups in total. The Bertz CT molecular complexity index is 627. The van der Waals surface area contributed by atoms with Gasteiger partial charge in [-0.25, -0.2) is 13.6 Å². The fourth-order valence-electron chi connectivity index (χ4n) is 4.06. The third-order valence-electron chi connectivity index (χ3n) is 6.07. The first-order valence-corrected chi connectivity index (χ1v) is 10.3. The van der Waals surface area contributed by atoms with Crippen LogP contribution in [0.1, 0.15) is 66.2 Å². The lowest BCUT2D eigenvalue weighted by molar-refractivity contribution is -0.232. The number of likely N-dealkylation sites (tertiary alicyclic amines) is 1. The van der Waals surface area contributed by atoms with Crippen molar-refractivity contribution in [3.8, 4) is 0 Å². The molecule has 2 amide bonds. The number of ether oxygens (including phenoxy) is 1. The largest absolute Gasteiger partial charge is 0.444 e. The Hall–Kier alpha value is -1.61. The fourth-order valence-corrected chi connectivity index (χ4v) is 4.06. The van der Waals surface area contributed by atoms with Crippen molar-refractivity contribution in [1.29, 1.82) is 0 Å². The van der Waals surface area contributed by atoms with Crippen LogP contribution in [0.5, 0.6) is 0 Å². The lowest BCUT2D eigenvalue weighted by atomic mass is 9.75. The number of carbonyl (C=O) groups is 2. The van der Waals surface area contributed by atoms with Crippen LogP contribution in [0.3, 0.4) is 0 Å². The van der Waals surface area contributed by atoms with Gasteiger partial charge in [-0.2, -0.15) is 13.2 Å². The number of nitrogens with one attached hydrogen (secondary N) is 1. The lowest BCUT2D eigenvalue weighted by Gasteiger charge is -2.42. The molecular weight excluding hydrogens is 411 g/mol. The van der Waals surface area contributed by atoms with Crippen molar-refractivity contribution < 1.29 is 36.3 Å². The third kappa shape index (κ3) is 5.75. The number of piperidine rings is 1. The van der Waals surface area contributed by atoms with Crippen LogP contribution in [0, 0.1) is 11.3 Å². The number of hydrogen-bond acceptors (Lipinski definition) is 3. The summed E-state index contributed by atoms with van der Waals surface area (Å²) in [5, 5.41) is 2.44. The SMILES string of the molecule is CC(NC(=O)C1(C(F)(F)F)CCN(C(=O)OC(C)(C)C)CC1)C1CCC(F)(F)CC1. The topological polar surface area (TPSA) is 58.6 Å². The molecular formula is C20H31F5N2O3. The molecule has 2 fully saturated rings. The third-order valence-corrected chi connectivity index (χ3v) is 6.07. The molecule has 30 heavy (non-hydrogen) atoms. The molecule has 1 unspecified atom stereocenters. The van der Waals surface area contributed by atoms with Crippen LogP contribution in [-0.4, -0.2) is 53.7 Å². The summed E-state index contributed by atoms with van der Waals surface area (Å²) in [5.41, 5.74) is -3.39. The van der Waals surface area contributed by atoms with E-state index in [2.05, 4.69) is 5.32 Å². The molecule has 2 rings (SSSR count). The van der Waals surface area contributed by atoms with Gasteiger partial charge in [-0.3, -0.25) is 4.79 Å². The Morgan fingerprint density at radius 1 is 1.03 bits per heavy atom. The molecule has 2 aliphatic rings. The average molecular weight is 442 g/mol. The Balaban J connectivity index is 2.04. The molecule has 1 saturated heterocycles. The van der Waals surface area contributed by atoms with Gasteiger partial charge in [0.15, 0.2) is 0 Å². The lowest BCUT2D eigenvalue weighted by Crippen LogP contribution is -2.59. The number of nitrogens with zero attached hydrogens (tertiary/aromatic N) is 1. The van der Waals surface area contributed by atoms with E-state index in [9.17, 15) is 31.5 Å². The van der Waals surface area contributed by atoms with E-state index in [4.69, 9.17) is 4.74 Å². The van der Waals surface area contributed by atoms with E-state index < -0.39 is 54.0 Å². The van der Waals surface area contributed by atoms with Gasteiger partial charge in [0.2, 0.25) is 11.8 Å². The first kappa shape index (κ1) is 24.7. The van der Waals surface area contributed by atoms with Crippen molar-refractivity contribution in [1.82, 2.24) is 10.2 Å². The van der Waals surface area contributed by atoms with Gasteiger partial charge in [-0.1, -0.05) is 0 Å². The average Bonchev–Trinajstić information content (AvgIpc) is 2.59. The molecule has 1 heterocycles. The monoisotopic (exact) mass is 442 g/mol. The van der Waals surface area contributed by atoms with Crippen LogP contribution in [0.15, 0.2) is 0 Å². The van der Waals surface area contributed by atoms with Crippen LogP contribution < -0.4 is 5.32 Å². The van der Waals surface area contributed by atoms with Crippen molar-refractivity contribution in [3.05, 3.63) is 0 Å². The number of carbonyl (C=O) groups excluding carboxylic acids is 2. The molecule has 0 radical (unpaired) electrons. The highest BCUT2D eigenvalue weighted by atomic mass is 19.4. The van der Waals surface area contributed by atoms with Crippen LogP contribution in [0.4, 0.5) is 26.7 Å². The second-order valence-corrected chi connectivity index (χ2v) is 9.50. The summed E-state index contributed by atoms with van der Waals surface area (Å²) in [6.45, 7) is 6.02. The Kier molecular flexibility index (Phi) is 6.98. The van der Waals surface area contributed by atoms with Gasteiger partial charge in [0, 0.05) is 32.0 Å². The van der Waals surface area contributed by atoms with Gasteiger partial charge in [0.1, 0.15) is 11.0 Å². The van der Waals surface area contributed by atoms with Gasteiger partial charge < -0.3 is 15.0 Å². The summed E-state index contributed by atoms with van der Waals surface area (Å²) >= 11 is 0. The standard InChI is InChI=1S/C20H31F5N2O3/c1-13(14-5-7-19(21,22)8-6-14)26-15(28)18(20(23,24)25)9-11-27(12-10-18)16(29)30-17(2,3)4/h13-14H,5-12H2,1-4H3,(H,26,28). The minimum Gasteiger partial charge on any atom is -0.444 e. The number of alkyl halides is 5. The molecule has 1 atom stereocenters. The molecule has 5 nitrogen and oxygen atoms in total. The summed E-state index contributed by atoms with van der Waals surface area (Å²) in [5.74, 6) is -4.19. The van der Waals surface area contributed by atoms with Crippen molar-refractivity contribution >= 4 is 12.0 Å². The Labute approximate surface area is 173 Å².